The highest BCUT2D eigenvalue weighted by molar-refractivity contribution is 5.97. The summed E-state index contributed by atoms with van der Waals surface area (Å²) in [5.74, 6) is -1.13. The molecule has 0 bridgehead atoms. The average molecular weight is 498 g/mol. The van der Waals surface area contributed by atoms with Crippen LogP contribution in [0.3, 0.4) is 0 Å². The fourth-order valence-electron chi connectivity index (χ4n) is 3.95. The Kier molecular flexibility index (Phi) is 8.76. The molecule has 5 N–H and O–H groups in total. The highest BCUT2D eigenvalue weighted by atomic mass is 16.5. The first kappa shape index (κ1) is 26.4. The predicted octanol–water partition coefficient (Wildman–Crippen LogP) is -0.0113. The molecule has 1 saturated heterocycles. The van der Waals surface area contributed by atoms with Crippen molar-refractivity contribution in [1.82, 2.24) is 30.8 Å². The summed E-state index contributed by atoms with van der Waals surface area (Å²) in [6.45, 7) is 3.72. The Balaban J connectivity index is 1.77. The van der Waals surface area contributed by atoms with Gasteiger partial charge in [0.05, 0.1) is 19.3 Å². The Morgan fingerprint density at radius 1 is 1.14 bits per heavy atom. The van der Waals surface area contributed by atoms with Gasteiger partial charge in [0.25, 0.3) is 5.91 Å². The lowest BCUT2D eigenvalue weighted by molar-refractivity contribution is -0.129. The Morgan fingerprint density at radius 2 is 1.86 bits per heavy atom. The van der Waals surface area contributed by atoms with Crippen LogP contribution in [0.1, 0.15) is 36.3 Å². The van der Waals surface area contributed by atoms with Gasteiger partial charge in [0.1, 0.15) is 23.5 Å². The minimum absolute atomic E-state index is 0.0623. The molecule has 12 heteroatoms. The number of aromatic nitrogens is 2. The van der Waals surface area contributed by atoms with E-state index in [1.165, 1.54) is 23.5 Å². The van der Waals surface area contributed by atoms with Crippen molar-refractivity contribution in [3.05, 3.63) is 54.1 Å². The number of nitrogens with one attached hydrogen (secondary N) is 3. The van der Waals surface area contributed by atoms with E-state index in [0.29, 0.717) is 5.75 Å². The van der Waals surface area contributed by atoms with Gasteiger partial charge in [0, 0.05) is 31.4 Å². The number of primary amides is 1. The number of carbonyl (C=O) groups excluding carboxylic acids is 4. The smallest absolute Gasteiger partial charge is 0.315 e. The zero-order valence-corrected chi connectivity index (χ0v) is 20.4. The van der Waals surface area contributed by atoms with Crippen LogP contribution >= 0.6 is 0 Å². The van der Waals surface area contributed by atoms with Crippen LogP contribution in [0.2, 0.25) is 0 Å². The molecule has 2 heterocycles. The third kappa shape index (κ3) is 6.90. The fraction of sp³-hybridized carbons (Fsp3) is 0.417. The van der Waals surface area contributed by atoms with Gasteiger partial charge >= 0.3 is 6.03 Å². The minimum atomic E-state index is -1.00. The number of benzene rings is 1. The van der Waals surface area contributed by atoms with E-state index >= 15 is 0 Å². The van der Waals surface area contributed by atoms with E-state index in [4.69, 9.17) is 10.5 Å². The van der Waals surface area contributed by atoms with E-state index in [2.05, 4.69) is 25.9 Å². The maximum Gasteiger partial charge on any atom is 0.315 e. The van der Waals surface area contributed by atoms with Crippen molar-refractivity contribution < 1.29 is 23.9 Å². The molecule has 0 spiro atoms. The zero-order valence-electron chi connectivity index (χ0n) is 20.4. The summed E-state index contributed by atoms with van der Waals surface area (Å²) in [5, 5.41) is 8.20. The van der Waals surface area contributed by atoms with Crippen LogP contribution in [-0.2, 0) is 16.0 Å². The molecule has 12 nitrogen and oxygen atoms in total. The third-order valence-corrected chi connectivity index (χ3v) is 5.66. The van der Waals surface area contributed by atoms with Gasteiger partial charge in [-0.3, -0.25) is 19.4 Å². The number of urea groups is 1. The first-order valence-electron chi connectivity index (χ1n) is 11.5. The van der Waals surface area contributed by atoms with Crippen LogP contribution in [0.5, 0.6) is 5.75 Å². The van der Waals surface area contributed by atoms with Crippen molar-refractivity contribution in [2.45, 2.75) is 50.9 Å². The van der Waals surface area contributed by atoms with Crippen molar-refractivity contribution in [3.8, 4) is 5.75 Å². The normalized spacial score (nSPS) is 17.8. The maximum atomic E-state index is 13.3. The van der Waals surface area contributed by atoms with Gasteiger partial charge in [-0.25, -0.2) is 9.78 Å². The molecule has 5 amide bonds. The third-order valence-electron chi connectivity index (χ3n) is 5.66. The number of hydrogen-bond acceptors (Lipinski definition) is 7. The van der Waals surface area contributed by atoms with Gasteiger partial charge in [0.2, 0.25) is 11.8 Å². The number of nitrogens with zero attached hydrogens (tertiary/aromatic N) is 3. The molecule has 3 rings (SSSR count). The van der Waals surface area contributed by atoms with Crippen molar-refractivity contribution in [1.29, 1.82) is 0 Å². The summed E-state index contributed by atoms with van der Waals surface area (Å²) in [5.41, 5.74) is 6.40. The quantitative estimate of drug-likeness (QED) is 0.378. The molecular formula is C24H31N7O5. The van der Waals surface area contributed by atoms with Gasteiger partial charge in [-0.05, 0) is 38.0 Å². The number of nitrogens with two attached hydrogens (primary N) is 1. The standard InChI is InChI=1S/C24H31N7O5/c1-14(2)28-24(35)29-16-11-20(31(13-16)23(34)19-12-26-8-9-27-19)22(33)30-18(21(25)32)10-15-4-6-17(36-3)7-5-15/h4-9,12,14,16,18,20H,10-11,13H2,1-3H3,(H2,25,32)(H,30,33)(H2,28,29,35)/t16-,18+,20+/m1/s1. The van der Waals surface area contributed by atoms with Crippen molar-refractivity contribution in [3.63, 3.8) is 0 Å². The number of ether oxygens (including phenoxy) is 1. The van der Waals surface area contributed by atoms with Gasteiger partial charge in [0.15, 0.2) is 0 Å². The second kappa shape index (κ2) is 12.0. The largest absolute Gasteiger partial charge is 0.497 e. The number of rotatable bonds is 9. The average Bonchev–Trinajstić information content (AvgIpc) is 3.27. The van der Waals surface area contributed by atoms with E-state index in [1.54, 1.807) is 31.4 Å². The van der Waals surface area contributed by atoms with Gasteiger partial charge in [-0.2, -0.15) is 0 Å². The Morgan fingerprint density at radius 3 is 2.44 bits per heavy atom. The monoisotopic (exact) mass is 497 g/mol. The molecule has 1 aliphatic heterocycles. The van der Waals surface area contributed by atoms with Gasteiger partial charge in [-0.15, -0.1) is 0 Å². The Bertz CT molecular complexity index is 1080. The summed E-state index contributed by atoms with van der Waals surface area (Å²) in [6, 6.07) is 4.08. The van der Waals surface area contributed by atoms with Crippen LogP contribution in [0.25, 0.3) is 0 Å². The Labute approximate surface area is 209 Å². The summed E-state index contributed by atoms with van der Waals surface area (Å²) >= 11 is 0. The van der Waals surface area contributed by atoms with Crippen LogP contribution in [-0.4, -0.2) is 76.4 Å². The molecule has 1 fully saturated rings. The molecule has 1 aromatic heterocycles. The predicted molar refractivity (Wildman–Crippen MR) is 130 cm³/mol. The molecule has 3 atom stereocenters. The summed E-state index contributed by atoms with van der Waals surface area (Å²) in [6.07, 6.45) is 4.43. The summed E-state index contributed by atoms with van der Waals surface area (Å²) in [7, 11) is 1.55. The van der Waals surface area contributed by atoms with Crippen molar-refractivity contribution in [2.75, 3.05) is 13.7 Å². The lowest BCUT2D eigenvalue weighted by atomic mass is 10.0. The molecule has 0 unspecified atom stereocenters. The maximum absolute atomic E-state index is 13.3. The molecule has 0 saturated carbocycles. The second-order valence-electron chi connectivity index (χ2n) is 8.78. The van der Waals surface area contributed by atoms with Crippen LogP contribution in [0.15, 0.2) is 42.9 Å². The summed E-state index contributed by atoms with van der Waals surface area (Å²) in [4.78, 5) is 60.1. The van der Waals surface area contributed by atoms with E-state index in [-0.39, 0.29) is 31.1 Å². The number of hydrogen-bond donors (Lipinski definition) is 4. The minimum Gasteiger partial charge on any atom is -0.497 e. The number of likely N-dealkylation sites (tertiary alicyclic amines) is 1. The first-order valence-corrected chi connectivity index (χ1v) is 11.5. The molecule has 0 radical (unpaired) electrons. The van der Waals surface area contributed by atoms with Crippen LogP contribution < -0.4 is 26.4 Å². The lowest BCUT2D eigenvalue weighted by Gasteiger charge is -2.25. The van der Waals surface area contributed by atoms with Crippen LogP contribution in [0, 0.1) is 0 Å². The molecule has 0 aliphatic carbocycles. The molecule has 2 aromatic rings. The van der Waals surface area contributed by atoms with Crippen molar-refractivity contribution in [2.24, 2.45) is 5.73 Å². The fourth-order valence-corrected chi connectivity index (χ4v) is 3.95. The number of methoxy groups -OCH3 is 1. The van der Waals surface area contributed by atoms with E-state index in [9.17, 15) is 19.2 Å². The number of carbonyl (C=O) groups is 4. The van der Waals surface area contributed by atoms with E-state index in [0.717, 1.165) is 5.56 Å². The number of amides is 5. The summed E-state index contributed by atoms with van der Waals surface area (Å²) < 4.78 is 5.14. The lowest BCUT2D eigenvalue weighted by Crippen LogP contribution is -2.53. The molecule has 1 aliphatic rings. The van der Waals surface area contributed by atoms with Crippen LogP contribution in [0.4, 0.5) is 4.79 Å². The van der Waals surface area contributed by atoms with Gasteiger partial charge in [-0.1, -0.05) is 12.1 Å². The van der Waals surface area contributed by atoms with Crippen molar-refractivity contribution >= 4 is 23.8 Å². The Hall–Kier alpha value is -4.22. The molecular weight excluding hydrogens is 466 g/mol. The van der Waals surface area contributed by atoms with E-state index < -0.39 is 41.9 Å². The molecule has 36 heavy (non-hydrogen) atoms. The second-order valence-corrected chi connectivity index (χ2v) is 8.78. The first-order chi connectivity index (χ1) is 17.2. The SMILES string of the molecule is COc1ccc(C[C@H](NC(=O)[C@@H]2C[C@@H](NC(=O)NC(C)C)CN2C(=O)c2cnccn2)C(N)=O)cc1. The highest BCUT2D eigenvalue weighted by Gasteiger charge is 2.41. The molecule has 1 aromatic carbocycles. The van der Waals surface area contributed by atoms with E-state index in [1.807, 2.05) is 13.8 Å². The molecule has 192 valence electrons. The zero-order chi connectivity index (χ0) is 26.2. The topological polar surface area (TPSA) is 169 Å². The van der Waals surface area contributed by atoms with Gasteiger partial charge < -0.3 is 31.3 Å². The highest BCUT2D eigenvalue weighted by Crippen LogP contribution is 2.21.